The van der Waals surface area contributed by atoms with Gasteiger partial charge in [0.1, 0.15) is 0 Å². The van der Waals surface area contributed by atoms with Crippen LogP contribution in [0.25, 0.3) is 0 Å². The van der Waals surface area contributed by atoms with Crippen LogP contribution in [-0.4, -0.2) is 15.8 Å². The maximum Gasteiger partial charge on any atom is 0.0629 e. The maximum atomic E-state index is 5.96. The van der Waals surface area contributed by atoms with E-state index in [0.29, 0.717) is 0 Å². The number of nitrogens with zero attached hydrogens (tertiary/aromatic N) is 2. The lowest BCUT2D eigenvalue weighted by atomic mass is 10.0. The van der Waals surface area contributed by atoms with Gasteiger partial charge in [0, 0.05) is 18.3 Å². The minimum Gasteiger partial charge on any atom is -0.327 e. The van der Waals surface area contributed by atoms with Gasteiger partial charge in [-0.3, -0.25) is 4.68 Å². The molecule has 0 aliphatic heterocycles. The molecule has 0 radical (unpaired) electrons. The molecule has 0 aromatic carbocycles. The van der Waals surface area contributed by atoms with Gasteiger partial charge in [0.2, 0.25) is 0 Å². The quantitative estimate of drug-likeness (QED) is 0.796. The molecule has 1 aromatic heterocycles. The molecule has 0 fully saturated rings. The molecule has 0 saturated heterocycles. The van der Waals surface area contributed by atoms with Crippen LogP contribution in [0.5, 0.6) is 0 Å². The van der Waals surface area contributed by atoms with E-state index in [-0.39, 0.29) is 6.04 Å². The Hall–Kier alpha value is -0.830. The molecule has 1 atom stereocenters. The molecule has 3 nitrogen and oxygen atoms in total. The number of aromatic nitrogens is 2. The zero-order valence-corrected chi connectivity index (χ0v) is 9.67. The van der Waals surface area contributed by atoms with Crippen molar-refractivity contribution < 1.29 is 0 Å². The fourth-order valence-corrected chi connectivity index (χ4v) is 1.74. The van der Waals surface area contributed by atoms with Crippen LogP contribution in [0.1, 0.15) is 37.2 Å². The highest BCUT2D eigenvalue weighted by molar-refractivity contribution is 5.25. The summed E-state index contributed by atoms with van der Waals surface area (Å²) in [6.45, 7) is 9.37. The molecule has 1 aromatic rings. The summed E-state index contributed by atoms with van der Waals surface area (Å²) >= 11 is 0. The van der Waals surface area contributed by atoms with Crippen LogP contribution < -0.4 is 5.73 Å². The van der Waals surface area contributed by atoms with E-state index in [1.807, 2.05) is 4.68 Å². The smallest absolute Gasteiger partial charge is 0.0629 e. The number of hydrogen-bond acceptors (Lipinski definition) is 2. The van der Waals surface area contributed by atoms with Crippen molar-refractivity contribution in [3.63, 3.8) is 0 Å². The summed E-state index contributed by atoms with van der Waals surface area (Å²) in [5.74, 6) is 0. The van der Waals surface area contributed by atoms with Crippen LogP contribution >= 0.6 is 0 Å². The monoisotopic (exact) mass is 195 g/mol. The van der Waals surface area contributed by atoms with E-state index >= 15 is 0 Å². The zero-order valence-electron chi connectivity index (χ0n) is 9.67. The van der Waals surface area contributed by atoms with Crippen LogP contribution in [0.3, 0.4) is 0 Å². The number of rotatable bonds is 4. The predicted molar refractivity (Wildman–Crippen MR) is 59.3 cm³/mol. The fraction of sp³-hybridized carbons (Fsp3) is 0.727. The third-order valence-electron chi connectivity index (χ3n) is 2.82. The molecular formula is C11H21N3. The first-order valence-corrected chi connectivity index (χ1v) is 5.38. The molecule has 0 aliphatic rings. The number of aryl methyl sites for hydroxylation is 2. The van der Waals surface area contributed by atoms with E-state index in [0.717, 1.165) is 25.1 Å². The van der Waals surface area contributed by atoms with Crippen molar-refractivity contribution in [2.75, 3.05) is 0 Å². The lowest BCUT2D eigenvalue weighted by Gasteiger charge is -2.08. The molecule has 1 heterocycles. The van der Waals surface area contributed by atoms with Gasteiger partial charge < -0.3 is 5.73 Å². The normalized spacial score (nSPS) is 13.2. The average Bonchev–Trinajstić information content (AvgIpc) is 2.44. The molecule has 0 bridgehead atoms. The summed E-state index contributed by atoms with van der Waals surface area (Å²) in [4.78, 5) is 0. The summed E-state index contributed by atoms with van der Waals surface area (Å²) in [6, 6.07) is 0.266. The second-order valence-corrected chi connectivity index (χ2v) is 3.84. The van der Waals surface area contributed by atoms with Crippen molar-refractivity contribution in [2.45, 2.75) is 53.1 Å². The Morgan fingerprint density at radius 1 is 1.36 bits per heavy atom. The number of hydrogen-bond donors (Lipinski definition) is 1. The van der Waals surface area contributed by atoms with E-state index < -0.39 is 0 Å². The molecule has 0 saturated carbocycles. The Morgan fingerprint density at radius 2 is 2.00 bits per heavy atom. The minimum absolute atomic E-state index is 0.266. The largest absolute Gasteiger partial charge is 0.327 e. The van der Waals surface area contributed by atoms with Crippen molar-refractivity contribution in [3.05, 3.63) is 17.0 Å². The van der Waals surface area contributed by atoms with Crippen LogP contribution in [0.2, 0.25) is 0 Å². The van der Waals surface area contributed by atoms with Crippen LogP contribution in [-0.2, 0) is 13.0 Å². The van der Waals surface area contributed by atoms with Crippen molar-refractivity contribution >= 4 is 0 Å². The van der Waals surface area contributed by atoms with Crippen molar-refractivity contribution in [2.24, 2.45) is 5.73 Å². The highest BCUT2D eigenvalue weighted by Gasteiger charge is 2.12. The lowest BCUT2D eigenvalue weighted by molar-refractivity contribution is 0.625. The molecule has 1 rings (SSSR count). The molecular weight excluding hydrogens is 174 g/mol. The van der Waals surface area contributed by atoms with Gasteiger partial charge in [-0.2, -0.15) is 5.10 Å². The first-order valence-electron chi connectivity index (χ1n) is 5.38. The van der Waals surface area contributed by atoms with Gasteiger partial charge in [0.05, 0.1) is 5.69 Å². The zero-order chi connectivity index (χ0) is 10.7. The third-order valence-corrected chi connectivity index (χ3v) is 2.82. The van der Waals surface area contributed by atoms with E-state index in [1.54, 1.807) is 0 Å². The lowest BCUT2D eigenvalue weighted by Crippen LogP contribution is -2.22. The molecule has 80 valence electrons. The Morgan fingerprint density at radius 3 is 2.43 bits per heavy atom. The summed E-state index contributed by atoms with van der Waals surface area (Å²) in [5.41, 5.74) is 9.70. The average molecular weight is 195 g/mol. The molecule has 1 unspecified atom stereocenters. The third kappa shape index (κ3) is 2.15. The van der Waals surface area contributed by atoms with Gasteiger partial charge in [-0.1, -0.05) is 6.92 Å². The summed E-state index contributed by atoms with van der Waals surface area (Å²) in [6.07, 6.45) is 1.98. The topological polar surface area (TPSA) is 43.8 Å². The number of nitrogens with two attached hydrogens (primary N) is 1. The van der Waals surface area contributed by atoms with Crippen molar-refractivity contribution in [3.8, 4) is 0 Å². The summed E-state index contributed by atoms with van der Waals surface area (Å²) in [7, 11) is 0. The molecule has 2 N–H and O–H groups in total. The van der Waals surface area contributed by atoms with E-state index in [4.69, 9.17) is 5.73 Å². The summed E-state index contributed by atoms with van der Waals surface area (Å²) in [5, 5.41) is 4.48. The van der Waals surface area contributed by atoms with Gasteiger partial charge in [-0.25, -0.2) is 0 Å². The highest BCUT2D eigenvalue weighted by atomic mass is 15.3. The van der Waals surface area contributed by atoms with Gasteiger partial charge in [0.25, 0.3) is 0 Å². The van der Waals surface area contributed by atoms with Crippen LogP contribution in [0.4, 0.5) is 0 Å². The van der Waals surface area contributed by atoms with E-state index in [9.17, 15) is 0 Å². The van der Waals surface area contributed by atoms with Crippen LogP contribution in [0, 0.1) is 13.8 Å². The van der Waals surface area contributed by atoms with Gasteiger partial charge in [-0.05, 0) is 39.2 Å². The first-order chi connectivity index (χ1) is 6.60. The van der Waals surface area contributed by atoms with Crippen LogP contribution in [0.15, 0.2) is 0 Å². The van der Waals surface area contributed by atoms with Gasteiger partial charge in [0.15, 0.2) is 0 Å². The van der Waals surface area contributed by atoms with E-state index in [1.165, 1.54) is 11.3 Å². The Bertz CT molecular complexity index is 302. The second-order valence-electron chi connectivity index (χ2n) is 3.84. The first kappa shape index (κ1) is 11.2. The van der Waals surface area contributed by atoms with Gasteiger partial charge in [-0.15, -0.1) is 0 Å². The minimum atomic E-state index is 0.266. The molecule has 3 heteroatoms. The molecule has 0 aliphatic carbocycles. The Labute approximate surface area is 86.3 Å². The van der Waals surface area contributed by atoms with Crippen molar-refractivity contribution in [1.29, 1.82) is 0 Å². The second kappa shape index (κ2) is 4.60. The summed E-state index contributed by atoms with van der Waals surface area (Å²) < 4.78 is 2.05. The Kier molecular flexibility index (Phi) is 3.69. The maximum absolute atomic E-state index is 5.96. The molecule has 14 heavy (non-hydrogen) atoms. The molecule has 0 amide bonds. The van der Waals surface area contributed by atoms with Crippen molar-refractivity contribution in [1.82, 2.24) is 9.78 Å². The highest BCUT2D eigenvalue weighted by Crippen LogP contribution is 2.15. The molecule has 0 spiro atoms. The van der Waals surface area contributed by atoms with E-state index in [2.05, 4.69) is 32.8 Å². The predicted octanol–water partition coefficient (Wildman–Crippen LogP) is 1.80. The Balaban J connectivity index is 2.90. The fourth-order valence-electron chi connectivity index (χ4n) is 1.74. The SMILES string of the molecule is CCC(N)Cc1c(C)nn(CC)c1C. The van der Waals surface area contributed by atoms with Gasteiger partial charge >= 0.3 is 0 Å². The standard InChI is InChI=1S/C11H21N3/c1-5-10(12)7-11-8(3)13-14(6-2)9(11)4/h10H,5-7,12H2,1-4H3.